The second-order valence-corrected chi connectivity index (χ2v) is 5.22. The molecule has 0 radical (unpaired) electrons. The van der Waals surface area contributed by atoms with Crippen molar-refractivity contribution < 1.29 is 4.42 Å². The fourth-order valence-corrected chi connectivity index (χ4v) is 2.20. The molecular formula is C10H16ClN3O. The lowest BCUT2D eigenvalue weighted by Crippen LogP contribution is -2.47. The summed E-state index contributed by atoms with van der Waals surface area (Å²) in [4.78, 5) is 2.05. The smallest absolute Gasteiger partial charge is 0.318 e. The summed E-state index contributed by atoms with van der Waals surface area (Å²) < 4.78 is 5.39. The Morgan fingerprint density at radius 3 is 2.60 bits per heavy atom. The van der Waals surface area contributed by atoms with Crippen molar-refractivity contribution in [1.82, 2.24) is 10.2 Å². The van der Waals surface area contributed by atoms with E-state index in [1.807, 2.05) is 11.9 Å². The second kappa shape index (κ2) is 3.67. The Balaban J connectivity index is 1.99. The molecule has 0 amide bonds. The number of aromatic nitrogens is 2. The Morgan fingerprint density at radius 2 is 2.13 bits per heavy atom. The first-order chi connectivity index (χ1) is 7.02. The Kier molecular flexibility index (Phi) is 2.63. The third-order valence-electron chi connectivity index (χ3n) is 3.00. The van der Waals surface area contributed by atoms with E-state index in [1.54, 1.807) is 0 Å². The number of halogens is 1. The number of hydrogen-bond donors (Lipinski definition) is 0. The van der Waals surface area contributed by atoms with Crippen molar-refractivity contribution >= 4 is 17.6 Å². The highest BCUT2D eigenvalue weighted by atomic mass is 35.5. The van der Waals surface area contributed by atoms with Gasteiger partial charge in [0.15, 0.2) is 0 Å². The van der Waals surface area contributed by atoms with Crippen LogP contribution in [0.1, 0.15) is 32.6 Å². The van der Waals surface area contributed by atoms with Gasteiger partial charge in [0.25, 0.3) is 0 Å². The third-order valence-corrected chi connectivity index (χ3v) is 3.22. The quantitative estimate of drug-likeness (QED) is 0.747. The molecule has 0 aromatic carbocycles. The maximum Gasteiger partial charge on any atom is 0.318 e. The van der Waals surface area contributed by atoms with Gasteiger partial charge in [-0.2, -0.15) is 0 Å². The molecule has 5 heteroatoms. The molecule has 1 fully saturated rings. The zero-order valence-corrected chi connectivity index (χ0v) is 10.1. The molecule has 1 heterocycles. The minimum Gasteiger partial charge on any atom is -0.407 e. The highest BCUT2D eigenvalue weighted by molar-refractivity contribution is 6.16. The van der Waals surface area contributed by atoms with Crippen LogP contribution in [0.3, 0.4) is 0 Å². The SMILES string of the molecule is CN(c1nnc(CCl)o1)C1CC(C)(C)C1. The van der Waals surface area contributed by atoms with Crippen LogP contribution < -0.4 is 4.90 Å². The molecule has 0 bridgehead atoms. The standard InChI is InChI=1S/C10H16ClN3O/c1-10(2)4-7(5-10)14(3)9-13-12-8(6-11)15-9/h7H,4-6H2,1-3H3. The van der Waals surface area contributed by atoms with Gasteiger partial charge in [0.1, 0.15) is 5.88 Å². The first-order valence-corrected chi connectivity index (χ1v) is 5.66. The number of rotatable bonds is 3. The summed E-state index contributed by atoms with van der Waals surface area (Å²) in [5.74, 6) is 0.758. The van der Waals surface area contributed by atoms with Crippen LogP contribution >= 0.6 is 11.6 Å². The van der Waals surface area contributed by atoms with Gasteiger partial charge in [-0.25, -0.2) is 0 Å². The first-order valence-electron chi connectivity index (χ1n) is 5.13. The molecule has 1 aliphatic carbocycles. The maximum atomic E-state index is 5.60. The van der Waals surface area contributed by atoms with E-state index in [1.165, 1.54) is 12.8 Å². The molecule has 0 saturated heterocycles. The number of nitrogens with zero attached hydrogens (tertiary/aromatic N) is 3. The van der Waals surface area contributed by atoms with Gasteiger partial charge in [-0.3, -0.25) is 0 Å². The summed E-state index contributed by atoms with van der Waals surface area (Å²) in [5, 5.41) is 7.81. The average Bonchev–Trinajstić information content (AvgIpc) is 2.61. The first kappa shape index (κ1) is 10.7. The summed E-state index contributed by atoms with van der Waals surface area (Å²) in [6.07, 6.45) is 2.34. The molecule has 84 valence electrons. The molecule has 0 spiro atoms. The van der Waals surface area contributed by atoms with E-state index >= 15 is 0 Å². The Labute approximate surface area is 94.6 Å². The highest BCUT2D eigenvalue weighted by Crippen LogP contribution is 2.43. The molecule has 0 unspecified atom stereocenters. The number of hydrogen-bond acceptors (Lipinski definition) is 4. The topological polar surface area (TPSA) is 42.2 Å². The Hall–Kier alpha value is -0.770. The summed E-state index contributed by atoms with van der Waals surface area (Å²) in [5.41, 5.74) is 0.453. The van der Waals surface area contributed by atoms with Gasteiger partial charge in [0.05, 0.1) is 0 Å². The Bertz CT molecular complexity index is 342. The summed E-state index contributed by atoms with van der Waals surface area (Å²) >= 11 is 5.60. The lowest BCUT2D eigenvalue weighted by atomic mass is 9.68. The predicted octanol–water partition coefficient (Wildman–Crippen LogP) is 2.43. The van der Waals surface area contributed by atoms with Crippen LogP contribution in [-0.4, -0.2) is 23.3 Å². The minimum absolute atomic E-state index is 0.275. The molecule has 1 aliphatic rings. The molecule has 0 atom stereocenters. The van der Waals surface area contributed by atoms with Gasteiger partial charge in [-0.05, 0) is 18.3 Å². The highest BCUT2D eigenvalue weighted by Gasteiger charge is 2.39. The molecule has 2 rings (SSSR count). The molecule has 0 aliphatic heterocycles. The van der Waals surface area contributed by atoms with Crippen LogP contribution in [0.5, 0.6) is 0 Å². The van der Waals surface area contributed by atoms with Crippen LogP contribution in [0.2, 0.25) is 0 Å². The van der Waals surface area contributed by atoms with E-state index in [4.69, 9.17) is 16.0 Å². The maximum absolute atomic E-state index is 5.60. The predicted molar refractivity (Wildman–Crippen MR) is 59.1 cm³/mol. The summed E-state index contributed by atoms with van der Waals surface area (Å²) in [6.45, 7) is 4.55. The monoisotopic (exact) mass is 229 g/mol. The largest absolute Gasteiger partial charge is 0.407 e. The van der Waals surface area contributed by atoms with E-state index in [-0.39, 0.29) is 5.88 Å². The van der Waals surface area contributed by atoms with Crippen molar-refractivity contribution in [2.75, 3.05) is 11.9 Å². The normalized spacial score (nSPS) is 20.0. The third kappa shape index (κ3) is 2.09. The molecular weight excluding hydrogens is 214 g/mol. The zero-order valence-electron chi connectivity index (χ0n) is 9.33. The van der Waals surface area contributed by atoms with Crippen molar-refractivity contribution in [2.45, 2.75) is 38.6 Å². The lowest BCUT2D eigenvalue weighted by molar-refractivity contribution is 0.147. The van der Waals surface area contributed by atoms with Crippen LogP contribution in [-0.2, 0) is 5.88 Å². The second-order valence-electron chi connectivity index (χ2n) is 4.95. The molecule has 1 saturated carbocycles. The molecule has 0 N–H and O–H groups in total. The van der Waals surface area contributed by atoms with Gasteiger partial charge < -0.3 is 9.32 Å². The van der Waals surface area contributed by atoms with Crippen LogP contribution in [0.4, 0.5) is 6.01 Å². The zero-order chi connectivity index (χ0) is 11.1. The minimum atomic E-state index is 0.275. The van der Waals surface area contributed by atoms with Gasteiger partial charge in [-0.1, -0.05) is 18.9 Å². The lowest BCUT2D eigenvalue weighted by Gasteiger charge is -2.46. The number of anilines is 1. The van der Waals surface area contributed by atoms with Crippen molar-refractivity contribution in [3.63, 3.8) is 0 Å². The Morgan fingerprint density at radius 1 is 1.47 bits per heavy atom. The van der Waals surface area contributed by atoms with Crippen molar-refractivity contribution in [3.8, 4) is 0 Å². The number of alkyl halides is 1. The van der Waals surface area contributed by atoms with E-state index in [9.17, 15) is 0 Å². The fraction of sp³-hybridized carbons (Fsp3) is 0.800. The van der Waals surface area contributed by atoms with E-state index in [0.717, 1.165) is 0 Å². The molecule has 1 aromatic heterocycles. The van der Waals surface area contributed by atoms with Crippen molar-refractivity contribution in [1.29, 1.82) is 0 Å². The van der Waals surface area contributed by atoms with Crippen molar-refractivity contribution in [2.24, 2.45) is 5.41 Å². The fourth-order valence-electron chi connectivity index (χ4n) is 2.09. The van der Waals surface area contributed by atoms with Crippen molar-refractivity contribution in [3.05, 3.63) is 5.89 Å². The van der Waals surface area contributed by atoms with E-state index < -0.39 is 0 Å². The van der Waals surface area contributed by atoms with Crippen LogP contribution in [0.15, 0.2) is 4.42 Å². The summed E-state index contributed by atoms with van der Waals surface area (Å²) in [7, 11) is 1.99. The van der Waals surface area contributed by atoms with Gasteiger partial charge in [0.2, 0.25) is 5.89 Å². The van der Waals surface area contributed by atoms with E-state index in [0.29, 0.717) is 23.4 Å². The van der Waals surface area contributed by atoms with Crippen LogP contribution in [0.25, 0.3) is 0 Å². The molecule has 15 heavy (non-hydrogen) atoms. The van der Waals surface area contributed by atoms with Gasteiger partial charge in [-0.15, -0.1) is 16.7 Å². The molecule has 4 nitrogen and oxygen atoms in total. The van der Waals surface area contributed by atoms with Gasteiger partial charge >= 0.3 is 6.01 Å². The van der Waals surface area contributed by atoms with E-state index in [2.05, 4.69) is 24.0 Å². The summed E-state index contributed by atoms with van der Waals surface area (Å²) in [6, 6.07) is 1.09. The van der Waals surface area contributed by atoms with Gasteiger partial charge in [0, 0.05) is 13.1 Å². The molecule has 1 aromatic rings. The van der Waals surface area contributed by atoms with Crippen LogP contribution in [0, 0.1) is 5.41 Å². The average molecular weight is 230 g/mol.